The van der Waals surface area contributed by atoms with Gasteiger partial charge in [-0.15, -0.1) is 22.7 Å². The molecular formula is C22H30N4O2S2. The van der Waals surface area contributed by atoms with Gasteiger partial charge in [-0.3, -0.25) is 9.59 Å². The summed E-state index contributed by atoms with van der Waals surface area (Å²) in [6.45, 7) is 1.41. The Morgan fingerprint density at radius 1 is 1.23 bits per heavy atom. The predicted octanol–water partition coefficient (Wildman–Crippen LogP) is 3.97. The van der Waals surface area contributed by atoms with Gasteiger partial charge in [0.2, 0.25) is 5.91 Å². The molecule has 2 atom stereocenters. The largest absolute Gasteiger partial charge is 0.350 e. The Morgan fingerprint density at radius 3 is 2.73 bits per heavy atom. The number of carbonyl (C=O) groups is 2. The Kier molecular flexibility index (Phi) is 6.55. The lowest BCUT2D eigenvalue weighted by molar-refractivity contribution is -0.119. The quantitative estimate of drug-likeness (QED) is 0.643. The Bertz CT molecular complexity index is 874. The summed E-state index contributed by atoms with van der Waals surface area (Å²) < 4.78 is 0. The van der Waals surface area contributed by atoms with Crippen LogP contribution in [-0.4, -0.2) is 48.9 Å². The fraction of sp³-hybridized carbons (Fsp3) is 0.591. The molecule has 0 aromatic carbocycles. The zero-order valence-electron chi connectivity index (χ0n) is 17.6. The molecule has 6 nitrogen and oxygen atoms in total. The van der Waals surface area contributed by atoms with E-state index in [0.717, 1.165) is 17.8 Å². The lowest BCUT2D eigenvalue weighted by atomic mass is 9.82. The summed E-state index contributed by atoms with van der Waals surface area (Å²) in [4.78, 5) is 34.0. The molecule has 30 heavy (non-hydrogen) atoms. The molecule has 2 N–H and O–H groups in total. The average molecular weight is 447 g/mol. The van der Waals surface area contributed by atoms with Crippen molar-refractivity contribution in [3.05, 3.63) is 33.5 Å². The maximum Gasteiger partial charge on any atom is 0.261 e. The zero-order valence-corrected chi connectivity index (χ0v) is 19.3. The highest BCUT2D eigenvalue weighted by molar-refractivity contribution is 7.14. The monoisotopic (exact) mass is 446 g/mol. The number of nitrogens with one attached hydrogen (secondary N) is 2. The van der Waals surface area contributed by atoms with Crippen LogP contribution in [0.4, 0.5) is 5.13 Å². The summed E-state index contributed by atoms with van der Waals surface area (Å²) in [5.41, 5.74) is -0.513. The van der Waals surface area contributed by atoms with Gasteiger partial charge in [-0.2, -0.15) is 0 Å². The van der Waals surface area contributed by atoms with Crippen LogP contribution >= 0.6 is 22.7 Å². The number of carbonyl (C=O) groups excluding carboxylic acids is 2. The van der Waals surface area contributed by atoms with Gasteiger partial charge in [-0.25, -0.2) is 4.98 Å². The van der Waals surface area contributed by atoms with E-state index < -0.39 is 5.41 Å². The van der Waals surface area contributed by atoms with Crippen molar-refractivity contribution < 1.29 is 9.59 Å². The van der Waals surface area contributed by atoms with E-state index in [9.17, 15) is 9.59 Å². The minimum absolute atomic E-state index is 0.0365. The minimum atomic E-state index is -0.513. The van der Waals surface area contributed by atoms with E-state index in [1.54, 1.807) is 6.20 Å². The van der Waals surface area contributed by atoms with Crippen LogP contribution in [0.5, 0.6) is 0 Å². The normalized spacial score (nSPS) is 24.0. The molecule has 0 unspecified atom stereocenters. The van der Waals surface area contributed by atoms with Crippen molar-refractivity contribution in [1.29, 1.82) is 0 Å². The standard InChI is InChI=1S/C22H30N4O2S2/c1-26(2)12-10-23-19(27)17-8-9-18(30-17)22(20(28)25-21-24-11-13-29-21)14-16(22)15-6-4-3-5-7-15/h8-9,11,13,15-16H,3-7,10,12,14H2,1-2H3,(H,23,27)(H,24,25,28)/t16-,22+/m0/s1. The maximum atomic E-state index is 13.4. The van der Waals surface area contributed by atoms with Crippen LogP contribution in [0.3, 0.4) is 0 Å². The third-order valence-electron chi connectivity index (χ3n) is 6.41. The molecule has 2 amide bonds. The minimum Gasteiger partial charge on any atom is -0.350 e. The second-order valence-electron chi connectivity index (χ2n) is 8.69. The first kappa shape index (κ1) is 21.5. The van der Waals surface area contributed by atoms with Gasteiger partial charge >= 0.3 is 0 Å². The summed E-state index contributed by atoms with van der Waals surface area (Å²) in [5.74, 6) is 0.939. The second kappa shape index (κ2) is 9.16. The van der Waals surface area contributed by atoms with Gasteiger partial charge in [-0.1, -0.05) is 32.1 Å². The van der Waals surface area contributed by atoms with E-state index >= 15 is 0 Å². The van der Waals surface area contributed by atoms with Gasteiger partial charge in [0.1, 0.15) is 0 Å². The molecule has 2 aromatic heterocycles. The van der Waals surface area contributed by atoms with Crippen LogP contribution in [0, 0.1) is 11.8 Å². The number of thiophene rings is 1. The molecule has 0 spiro atoms. The number of aromatic nitrogens is 1. The molecular weight excluding hydrogens is 416 g/mol. The summed E-state index contributed by atoms with van der Waals surface area (Å²) >= 11 is 2.92. The SMILES string of the molecule is CN(C)CCNC(=O)c1ccc([C@@]2(C(=O)Nc3nccs3)C[C@H]2C2CCCCC2)s1. The number of hydrogen-bond acceptors (Lipinski definition) is 6. The molecule has 2 aromatic rings. The van der Waals surface area contributed by atoms with Crippen molar-refractivity contribution in [2.75, 3.05) is 32.5 Å². The van der Waals surface area contributed by atoms with E-state index in [1.807, 2.05) is 36.5 Å². The van der Waals surface area contributed by atoms with E-state index in [-0.39, 0.29) is 11.8 Å². The van der Waals surface area contributed by atoms with E-state index in [1.165, 1.54) is 54.8 Å². The first-order valence-corrected chi connectivity index (χ1v) is 12.4. The molecule has 8 heteroatoms. The first-order valence-electron chi connectivity index (χ1n) is 10.7. The number of thiazole rings is 1. The molecule has 2 heterocycles. The van der Waals surface area contributed by atoms with Crippen LogP contribution in [-0.2, 0) is 10.2 Å². The molecule has 0 bridgehead atoms. The van der Waals surface area contributed by atoms with E-state index in [0.29, 0.717) is 28.4 Å². The Morgan fingerprint density at radius 2 is 2.03 bits per heavy atom. The molecule has 2 fully saturated rings. The second-order valence-corrected chi connectivity index (χ2v) is 10.7. The Hall–Kier alpha value is -1.77. The lowest BCUT2D eigenvalue weighted by Gasteiger charge is -2.25. The number of likely N-dealkylation sites (N-methyl/N-ethyl adjacent to an activating group) is 1. The van der Waals surface area contributed by atoms with Gasteiger partial charge in [0.25, 0.3) is 5.91 Å². The smallest absolute Gasteiger partial charge is 0.261 e. The zero-order chi connectivity index (χ0) is 21.1. The van der Waals surface area contributed by atoms with Crippen molar-refractivity contribution in [1.82, 2.24) is 15.2 Å². The topological polar surface area (TPSA) is 74.3 Å². The highest BCUT2D eigenvalue weighted by Crippen LogP contribution is 2.62. The number of rotatable bonds is 8. The van der Waals surface area contributed by atoms with E-state index in [4.69, 9.17) is 0 Å². The first-order chi connectivity index (χ1) is 14.5. The van der Waals surface area contributed by atoms with Crippen LogP contribution < -0.4 is 10.6 Å². The Labute approximate surface area is 186 Å². The van der Waals surface area contributed by atoms with Crippen molar-refractivity contribution in [3.63, 3.8) is 0 Å². The fourth-order valence-electron chi connectivity index (χ4n) is 4.72. The molecule has 0 radical (unpaired) electrons. The van der Waals surface area contributed by atoms with Crippen LogP contribution in [0.2, 0.25) is 0 Å². The molecule has 0 saturated heterocycles. The Balaban J connectivity index is 1.52. The number of anilines is 1. The summed E-state index contributed by atoms with van der Waals surface area (Å²) in [7, 11) is 3.97. The molecule has 0 aliphatic heterocycles. The summed E-state index contributed by atoms with van der Waals surface area (Å²) in [6.07, 6.45) is 8.82. The third kappa shape index (κ3) is 4.45. The highest BCUT2D eigenvalue weighted by Gasteiger charge is 2.64. The molecule has 2 aliphatic rings. The van der Waals surface area contributed by atoms with Crippen molar-refractivity contribution in [3.8, 4) is 0 Å². The fourth-order valence-corrected chi connectivity index (χ4v) is 6.43. The van der Waals surface area contributed by atoms with Crippen LogP contribution in [0.25, 0.3) is 0 Å². The molecule has 2 aliphatic carbocycles. The predicted molar refractivity (Wildman–Crippen MR) is 122 cm³/mol. The van der Waals surface area contributed by atoms with Gasteiger partial charge in [0.05, 0.1) is 10.3 Å². The van der Waals surface area contributed by atoms with Crippen molar-refractivity contribution >= 4 is 39.6 Å². The van der Waals surface area contributed by atoms with Crippen LogP contribution in [0.15, 0.2) is 23.7 Å². The van der Waals surface area contributed by atoms with Crippen molar-refractivity contribution in [2.24, 2.45) is 11.8 Å². The third-order valence-corrected chi connectivity index (χ3v) is 8.36. The lowest BCUT2D eigenvalue weighted by Crippen LogP contribution is -2.31. The number of amides is 2. The van der Waals surface area contributed by atoms with Crippen LogP contribution in [0.1, 0.15) is 53.1 Å². The van der Waals surface area contributed by atoms with Gasteiger partial charge in [0.15, 0.2) is 5.13 Å². The summed E-state index contributed by atoms with van der Waals surface area (Å²) in [6, 6.07) is 3.87. The van der Waals surface area contributed by atoms with Gasteiger partial charge < -0.3 is 15.5 Å². The molecule has 4 rings (SSSR count). The van der Waals surface area contributed by atoms with Gasteiger partial charge in [0, 0.05) is 29.5 Å². The average Bonchev–Trinajstić information content (AvgIpc) is 3.07. The van der Waals surface area contributed by atoms with Gasteiger partial charge in [-0.05, 0) is 44.5 Å². The number of hydrogen-bond donors (Lipinski definition) is 2. The maximum absolute atomic E-state index is 13.4. The van der Waals surface area contributed by atoms with Crippen molar-refractivity contribution in [2.45, 2.75) is 43.9 Å². The van der Waals surface area contributed by atoms with E-state index in [2.05, 4.69) is 15.6 Å². The molecule has 162 valence electrons. The highest BCUT2D eigenvalue weighted by atomic mass is 32.1. The molecule has 2 saturated carbocycles. The summed E-state index contributed by atoms with van der Waals surface area (Å²) in [5, 5.41) is 8.54. The number of nitrogens with zero attached hydrogens (tertiary/aromatic N) is 2.